The minimum absolute atomic E-state index is 0.221. The smallest absolute Gasteiger partial charge is 0.347 e. The van der Waals surface area contributed by atoms with Crippen molar-refractivity contribution >= 4 is 5.82 Å². The maximum absolute atomic E-state index is 10.8. The molecule has 64 valence electrons. The lowest BCUT2D eigenvalue weighted by Gasteiger charge is -1.96. The van der Waals surface area contributed by atoms with Crippen molar-refractivity contribution < 1.29 is 0 Å². The molecule has 5 N–H and O–H groups in total. The molecule has 0 radical (unpaired) electrons. The predicted molar refractivity (Wildman–Crippen MR) is 46.3 cm³/mol. The minimum Gasteiger partial charge on any atom is -0.405 e. The number of nitrogens with zero attached hydrogens (tertiary/aromatic N) is 1. The van der Waals surface area contributed by atoms with Crippen molar-refractivity contribution in [2.45, 2.75) is 6.42 Å². The number of rotatable bonds is 2. The van der Waals surface area contributed by atoms with Crippen molar-refractivity contribution in [1.82, 2.24) is 9.97 Å². The molecule has 0 spiro atoms. The fourth-order valence-electron chi connectivity index (χ4n) is 0.834. The zero-order chi connectivity index (χ0) is 8.97. The van der Waals surface area contributed by atoms with E-state index in [1.807, 2.05) is 0 Å². The van der Waals surface area contributed by atoms with Crippen LogP contribution in [0.1, 0.15) is 5.69 Å². The molecular weight excluding hydrogens is 156 g/mol. The van der Waals surface area contributed by atoms with Gasteiger partial charge in [0.25, 0.3) is 0 Å². The van der Waals surface area contributed by atoms with Gasteiger partial charge in [-0.05, 0) is 6.20 Å². The van der Waals surface area contributed by atoms with Crippen LogP contribution in [-0.4, -0.2) is 9.97 Å². The van der Waals surface area contributed by atoms with Gasteiger partial charge in [-0.1, -0.05) is 6.08 Å². The number of hydrogen-bond donors (Lipinski definition) is 3. The molecule has 0 saturated carbocycles. The van der Waals surface area contributed by atoms with Gasteiger partial charge in [0.05, 0.1) is 0 Å². The molecule has 5 heteroatoms. The summed E-state index contributed by atoms with van der Waals surface area (Å²) >= 11 is 0. The van der Waals surface area contributed by atoms with E-state index in [0.717, 1.165) is 0 Å². The number of nitrogen functional groups attached to an aromatic ring is 1. The summed E-state index contributed by atoms with van der Waals surface area (Å²) in [6.45, 7) is 0. The number of aromatic nitrogens is 2. The van der Waals surface area contributed by atoms with Crippen molar-refractivity contribution in [3.05, 3.63) is 34.5 Å². The molecule has 0 aliphatic heterocycles. The van der Waals surface area contributed by atoms with Crippen LogP contribution < -0.4 is 17.2 Å². The number of nitrogens with two attached hydrogens (primary N) is 2. The van der Waals surface area contributed by atoms with Crippen molar-refractivity contribution in [2.24, 2.45) is 5.73 Å². The Morgan fingerprint density at radius 3 is 3.00 bits per heavy atom. The van der Waals surface area contributed by atoms with Gasteiger partial charge in [0, 0.05) is 18.2 Å². The first-order valence-corrected chi connectivity index (χ1v) is 3.45. The molecule has 1 aromatic rings. The highest BCUT2D eigenvalue weighted by Crippen LogP contribution is 1.97. The number of nitrogens with one attached hydrogen (secondary N) is 1. The SMILES string of the molecule is NC=CCc1cc(N)nc(=O)[nH]1. The van der Waals surface area contributed by atoms with Crippen LogP contribution in [0, 0.1) is 0 Å². The van der Waals surface area contributed by atoms with Crippen LogP contribution in [0.15, 0.2) is 23.1 Å². The van der Waals surface area contributed by atoms with E-state index in [2.05, 4.69) is 9.97 Å². The van der Waals surface area contributed by atoms with E-state index in [0.29, 0.717) is 12.1 Å². The molecule has 0 aliphatic rings. The van der Waals surface area contributed by atoms with E-state index in [4.69, 9.17) is 11.5 Å². The Morgan fingerprint density at radius 2 is 2.42 bits per heavy atom. The lowest BCUT2D eigenvalue weighted by atomic mass is 10.3. The fourth-order valence-corrected chi connectivity index (χ4v) is 0.834. The van der Waals surface area contributed by atoms with Crippen molar-refractivity contribution in [1.29, 1.82) is 0 Å². The Balaban J connectivity index is 2.93. The Morgan fingerprint density at radius 1 is 1.67 bits per heavy atom. The molecule has 0 aliphatic carbocycles. The highest BCUT2D eigenvalue weighted by atomic mass is 16.1. The number of H-pyrrole nitrogens is 1. The van der Waals surface area contributed by atoms with Gasteiger partial charge in [-0.2, -0.15) is 4.98 Å². The van der Waals surface area contributed by atoms with Crippen molar-refractivity contribution in [3.63, 3.8) is 0 Å². The first kappa shape index (κ1) is 8.32. The summed E-state index contributed by atoms with van der Waals surface area (Å²) in [4.78, 5) is 16.8. The molecular formula is C7H10N4O. The minimum atomic E-state index is -0.435. The summed E-state index contributed by atoms with van der Waals surface area (Å²) in [5, 5.41) is 0. The van der Waals surface area contributed by atoms with Gasteiger partial charge < -0.3 is 16.5 Å². The van der Waals surface area contributed by atoms with E-state index in [9.17, 15) is 4.79 Å². The third-order valence-electron chi connectivity index (χ3n) is 1.29. The summed E-state index contributed by atoms with van der Waals surface area (Å²) in [6, 6.07) is 1.60. The highest BCUT2D eigenvalue weighted by Gasteiger charge is 1.94. The Kier molecular flexibility index (Phi) is 2.47. The third kappa shape index (κ3) is 2.12. The first-order chi connectivity index (χ1) is 5.72. The maximum atomic E-state index is 10.8. The number of allylic oxidation sites excluding steroid dienone is 1. The van der Waals surface area contributed by atoms with Crippen LogP contribution in [0.25, 0.3) is 0 Å². The molecule has 0 fully saturated rings. The van der Waals surface area contributed by atoms with Gasteiger partial charge in [0.15, 0.2) is 0 Å². The van der Waals surface area contributed by atoms with Crippen LogP contribution in [0.4, 0.5) is 5.82 Å². The number of hydrogen-bond acceptors (Lipinski definition) is 4. The summed E-state index contributed by atoms with van der Waals surface area (Å²) in [6.07, 6.45) is 3.68. The molecule has 5 nitrogen and oxygen atoms in total. The van der Waals surface area contributed by atoms with E-state index >= 15 is 0 Å². The quantitative estimate of drug-likeness (QED) is 0.544. The zero-order valence-corrected chi connectivity index (χ0v) is 6.45. The van der Waals surface area contributed by atoms with Gasteiger partial charge >= 0.3 is 5.69 Å². The Hall–Kier alpha value is -1.78. The third-order valence-corrected chi connectivity index (χ3v) is 1.29. The molecule has 0 amide bonds. The second kappa shape index (κ2) is 3.56. The van der Waals surface area contributed by atoms with Gasteiger partial charge in [-0.25, -0.2) is 4.79 Å². The zero-order valence-electron chi connectivity index (χ0n) is 6.45. The Labute approximate surface area is 69.1 Å². The monoisotopic (exact) mass is 166 g/mol. The molecule has 0 saturated heterocycles. The van der Waals surface area contributed by atoms with Crippen LogP contribution in [0.2, 0.25) is 0 Å². The van der Waals surface area contributed by atoms with Gasteiger partial charge in [-0.3, -0.25) is 0 Å². The van der Waals surface area contributed by atoms with Gasteiger partial charge in [-0.15, -0.1) is 0 Å². The van der Waals surface area contributed by atoms with Crippen LogP contribution >= 0.6 is 0 Å². The van der Waals surface area contributed by atoms with Gasteiger partial charge in [0.1, 0.15) is 5.82 Å². The predicted octanol–water partition coefficient (Wildman–Crippen LogP) is -0.633. The van der Waals surface area contributed by atoms with E-state index in [1.54, 1.807) is 12.1 Å². The second-order valence-corrected chi connectivity index (χ2v) is 2.27. The number of aromatic amines is 1. The summed E-state index contributed by atoms with van der Waals surface area (Å²) in [5.74, 6) is 0.221. The average Bonchev–Trinajstić information content (AvgIpc) is 1.99. The summed E-state index contributed by atoms with van der Waals surface area (Å²) in [7, 11) is 0. The van der Waals surface area contributed by atoms with Crippen LogP contribution in [-0.2, 0) is 6.42 Å². The lowest BCUT2D eigenvalue weighted by Crippen LogP contribution is -2.14. The maximum Gasteiger partial charge on any atom is 0.347 e. The van der Waals surface area contributed by atoms with Crippen LogP contribution in [0.5, 0.6) is 0 Å². The van der Waals surface area contributed by atoms with E-state index in [1.165, 1.54) is 6.20 Å². The molecule has 0 bridgehead atoms. The standard InChI is InChI=1S/C7H10N4O/c8-3-1-2-5-4-6(9)11-7(12)10-5/h1,3-4H,2,8H2,(H3,9,10,11,12). The average molecular weight is 166 g/mol. The lowest BCUT2D eigenvalue weighted by molar-refractivity contribution is 0.997. The van der Waals surface area contributed by atoms with Gasteiger partial charge in [0.2, 0.25) is 0 Å². The highest BCUT2D eigenvalue weighted by molar-refractivity contribution is 5.28. The Bertz CT molecular complexity index is 342. The van der Waals surface area contributed by atoms with Crippen LogP contribution in [0.3, 0.4) is 0 Å². The summed E-state index contributed by atoms with van der Waals surface area (Å²) in [5.41, 5.74) is 10.7. The molecule has 1 rings (SSSR count). The first-order valence-electron chi connectivity index (χ1n) is 3.45. The molecule has 1 aromatic heterocycles. The molecule has 1 heterocycles. The topological polar surface area (TPSA) is 97.8 Å². The largest absolute Gasteiger partial charge is 0.405 e. The second-order valence-electron chi connectivity index (χ2n) is 2.27. The van der Waals surface area contributed by atoms with Crippen molar-refractivity contribution in [2.75, 3.05) is 5.73 Å². The fraction of sp³-hybridized carbons (Fsp3) is 0.143. The van der Waals surface area contributed by atoms with E-state index in [-0.39, 0.29) is 5.82 Å². The molecule has 0 atom stereocenters. The molecule has 12 heavy (non-hydrogen) atoms. The summed E-state index contributed by atoms with van der Waals surface area (Å²) < 4.78 is 0. The number of anilines is 1. The van der Waals surface area contributed by atoms with Crippen molar-refractivity contribution in [3.8, 4) is 0 Å². The van der Waals surface area contributed by atoms with E-state index < -0.39 is 5.69 Å². The molecule has 0 unspecified atom stereocenters. The molecule has 0 aromatic carbocycles. The normalized spacial score (nSPS) is 10.7.